The van der Waals surface area contributed by atoms with Crippen molar-refractivity contribution in [2.75, 3.05) is 0 Å². The lowest BCUT2D eigenvalue weighted by atomic mass is 10.1. The molecule has 0 saturated heterocycles. The molecule has 1 N–H and O–H groups in total. The number of benzene rings is 1. The van der Waals surface area contributed by atoms with E-state index in [4.69, 9.17) is 0 Å². The van der Waals surface area contributed by atoms with Gasteiger partial charge in [-0.3, -0.25) is 19.6 Å². The molecule has 1 aromatic carbocycles. The van der Waals surface area contributed by atoms with E-state index in [-0.39, 0.29) is 17.3 Å². The van der Waals surface area contributed by atoms with Gasteiger partial charge in [-0.15, -0.1) is 0 Å². The van der Waals surface area contributed by atoms with E-state index in [0.29, 0.717) is 0 Å². The Morgan fingerprint density at radius 1 is 1.45 bits per heavy atom. The van der Waals surface area contributed by atoms with Crippen LogP contribution in [0, 0.1) is 17.0 Å². The number of aromatic nitrogens is 2. The van der Waals surface area contributed by atoms with Crippen LogP contribution in [0.25, 0.3) is 0 Å². The van der Waals surface area contributed by atoms with Crippen molar-refractivity contribution in [3.8, 4) is 0 Å². The van der Waals surface area contributed by atoms with Gasteiger partial charge in [0.1, 0.15) is 5.56 Å². The van der Waals surface area contributed by atoms with Gasteiger partial charge in [0.2, 0.25) is 0 Å². The Morgan fingerprint density at radius 3 is 2.73 bits per heavy atom. The molecule has 1 heterocycles. The van der Waals surface area contributed by atoms with Gasteiger partial charge < -0.3 is 5.32 Å². The summed E-state index contributed by atoms with van der Waals surface area (Å²) in [4.78, 5) is 22.7. The summed E-state index contributed by atoms with van der Waals surface area (Å²) in [6.07, 6.45) is 1.87. The monoisotopic (exact) mass is 302 g/mol. The van der Waals surface area contributed by atoms with Crippen LogP contribution in [0.4, 0.5) is 5.69 Å². The van der Waals surface area contributed by atoms with Gasteiger partial charge in [0.05, 0.1) is 16.7 Å². The molecule has 116 valence electrons. The van der Waals surface area contributed by atoms with Crippen LogP contribution in [0.2, 0.25) is 0 Å². The maximum Gasteiger partial charge on any atom is 0.282 e. The van der Waals surface area contributed by atoms with Crippen molar-refractivity contribution in [3.63, 3.8) is 0 Å². The number of aryl methyl sites for hydroxylation is 2. The smallest absolute Gasteiger partial charge is 0.282 e. The van der Waals surface area contributed by atoms with Crippen LogP contribution < -0.4 is 5.32 Å². The van der Waals surface area contributed by atoms with E-state index in [0.717, 1.165) is 17.8 Å². The Balaban J connectivity index is 2.21. The fourth-order valence-corrected chi connectivity index (χ4v) is 2.30. The molecule has 0 aliphatic rings. The first kappa shape index (κ1) is 15.7. The maximum absolute atomic E-state index is 12.3. The highest BCUT2D eigenvalue weighted by molar-refractivity contribution is 5.98. The molecule has 7 nitrogen and oxygen atoms in total. The predicted octanol–water partition coefficient (Wildman–Crippen LogP) is 2.61. The van der Waals surface area contributed by atoms with E-state index in [1.165, 1.54) is 18.2 Å². The summed E-state index contributed by atoms with van der Waals surface area (Å²) in [5, 5.41) is 18.1. The number of nitro benzene ring substituents is 1. The second-order valence-electron chi connectivity index (χ2n) is 4.99. The van der Waals surface area contributed by atoms with Gasteiger partial charge in [0.15, 0.2) is 0 Å². The lowest BCUT2D eigenvalue weighted by Crippen LogP contribution is -2.27. The van der Waals surface area contributed by atoms with E-state index in [9.17, 15) is 14.9 Å². The Kier molecular flexibility index (Phi) is 4.55. The Labute approximate surface area is 128 Å². The number of carbonyl (C=O) groups is 1. The standard InChI is InChI=1S/C15H18N4O3/c1-4-18-9-13(11(3)17-18)10(2)16-15(20)12-7-5-6-8-14(12)19(21)22/h5-10H,4H2,1-3H3,(H,16,20). The molecule has 2 rings (SSSR count). The van der Waals surface area contributed by atoms with Crippen LogP contribution in [0.15, 0.2) is 30.5 Å². The first-order valence-corrected chi connectivity index (χ1v) is 7.02. The summed E-state index contributed by atoms with van der Waals surface area (Å²) >= 11 is 0. The molecule has 2 aromatic rings. The second-order valence-corrected chi connectivity index (χ2v) is 4.99. The molecule has 0 saturated carbocycles. The lowest BCUT2D eigenvalue weighted by molar-refractivity contribution is -0.385. The summed E-state index contributed by atoms with van der Waals surface area (Å²) in [5.74, 6) is -0.469. The Bertz CT molecular complexity index is 709. The topological polar surface area (TPSA) is 90.1 Å². The van der Waals surface area contributed by atoms with Gasteiger partial charge >= 0.3 is 0 Å². The third kappa shape index (κ3) is 3.13. The van der Waals surface area contributed by atoms with E-state index >= 15 is 0 Å². The quantitative estimate of drug-likeness (QED) is 0.679. The van der Waals surface area contributed by atoms with Crippen LogP contribution in [0.1, 0.15) is 41.5 Å². The van der Waals surface area contributed by atoms with Crippen LogP contribution in [-0.2, 0) is 6.54 Å². The number of nitro groups is 1. The average molecular weight is 302 g/mol. The predicted molar refractivity (Wildman–Crippen MR) is 81.6 cm³/mol. The summed E-state index contributed by atoms with van der Waals surface area (Å²) in [7, 11) is 0. The highest BCUT2D eigenvalue weighted by Crippen LogP contribution is 2.20. The molecule has 0 aliphatic carbocycles. The van der Waals surface area contributed by atoms with Crippen LogP contribution >= 0.6 is 0 Å². The van der Waals surface area contributed by atoms with E-state index < -0.39 is 10.8 Å². The molecule has 0 radical (unpaired) electrons. The van der Waals surface area contributed by atoms with Crippen LogP contribution in [0.3, 0.4) is 0 Å². The summed E-state index contributed by atoms with van der Waals surface area (Å²) in [6.45, 7) is 6.42. The molecule has 22 heavy (non-hydrogen) atoms. The maximum atomic E-state index is 12.3. The fourth-order valence-electron chi connectivity index (χ4n) is 2.30. The summed E-state index contributed by atoms with van der Waals surface area (Å²) in [5.41, 5.74) is 1.58. The minimum atomic E-state index is -0.556. The van der Waals surface area contributed by atoms with Crippen molar-refractivity contribution >= 4 is 11.6 Å². The molecule has 1 atom stereocenters. The van der Waals surface area contributed by atoms with Gasteiger partial charge in [-0.25, -0.2) is 0 Å². The van der Waals surface area contributed by atoms with Crippen molar-refractivity contribution in [2.45, 2.75) is 33.4 Å². The first-order chi connectivity index (χ1) is 10.4. The number of hydrogen-bond acceptors (Lipinski definition) is 4. The molecular formula is C15H18N4O3. The largest absolute Gasteiger partial charge is 0.345 e. The minimum Gasteiger partial charge on any atom is -0.345 e. The van der Waals surface area contributed by atoms with E-state index in [1.807, 2.05) is 27.0 Å². The molecule has 7 heteroatoms. The third-order valence-corrected chi connectivity index (χ3v) is 3.47. The van der Waals surface area contributed by atoms with Gasteiger partial charge in [-0.1, -0.05) is 12.1 Å². The molecule has 0 bridgehead atoms. The number of hydrogen-bond donors (Lipinski definition) is 1. The number of nitrogens with one attached hydrogen (secondary N) is 1. The second kappa shape index (κ2) is 6.38. The van der Waals surface area contributed by atoms with Gasteiger partial charge in [0.25, 0.3) is 11.6 Å². The van der Waals surface area contributed by atoms with Gasteiger partial charge in [-0.2, -0.15) is 5.10 Å². The summed E-state index contributed by atoms with van der Waals surface area (Å²) in [6, 6.07) is 5.62. The zero-order chi connectivity index (χ0) is 16.3. The summed E-state index contributed by atoms with van der Waals surface area (Å²) < 4.78 is 1.79. The minimum absolute atomic E-state index is 0.0555. The first-order valence-electron chi connectivity index (χ1n) is 7.02. The average Bonchev–Trinajstić information content (AvgIpc) is 2.88. The normalized spacial score (nSPS) is 12.0. The molecule has 1 unspecified atom stereocenters. The van der Waals surface area contributed by atoms with Crippen LogP contribution in [0.5, 0.6) is 0 Å². The highest BCUT2D eigenvalue weighted by Gasteiger charge is 2.22. The van der Waals surface area contributed by atoms with Crippen molar-refractivity contribution < 1.29 is 9.72 Å². The van der Waals surface area contributed by atoms with Crippen molar-refractivity contribution in [3.05, 3.63) is 57.4 Å². The van der Waals surface area contributed by atoms with Gasteiger partial charge in [-0.05, 0) is 26.8 Å². The number of nitrogens with zero attached hydrogens (tertiary/aromatic N) is 3. The molecule has 1 amide bonds. The fraction of sp³-hybridized carbons (Fsp3) is 0.333. The van der Waals surface area contributed by atoms with E-state index in [2.05, 4.69) is 10.4 Å². The number of rotatable bonds is 5. The molecular weight excluding hydrogens is 284 g/mol. The number of amides is 1. The number of para-hydroxylation sites is 1. The highest BCUT2D eigenvalue weighted by atomic mass is 16.6. The third-order valence-electron chi connectivity index (χ3n) is 3.47. The van der Waals surface area contributed by atoms with Crippen molar-refractivity contribution in [1.82, 2.24) is 15.1 Å². The molecule has 0 fully saturated rings. The molecule has 0 spiro atoms. The zero-order valence-electron chi connectivity index (χ0n) is 12.7. The van der Waals surface area contributed by atoms with E-state index in [1.54, 1.807) is 10.7 Å². The zero-order valence-corrected chi connectivity index (χ0v) is 12.7. The number of carbonyl (C=O) groups excluding carboxylic acids is 1. The Hall–Kier alpha value is -2.70. The SMILES string of the molecule is CCn1cc(C(C)NC(=O)c2ccccc2[N+](=O)[O-])c(C)n1. The van der Waals surface area contributed by atoms with Crippen LogP contribution in [-0.4, -0.2) is 20.6 Å². The van der Waals surface area contributed by atoms with Crippen molar-refractivity contribution in [1.29, 1.82) is 0 Å². The lowest BCUT2D eigenvalue weighted by Gasteiger charge is -2.13. The molecule has 1 aromatic heterocycles. The van der Waals surface area contributed by atoms with Gasteiger partial charge in [0, 0.05) is 24.4 Å². The Morgan fingerprint density at radius 2 is 2.14 bits per heavy atom. The molecule has 0 aliphatic heterocycles. The van der Waals surface area contributed by atoms with Crippen molar-refractivity contribution in [2.24, 2.45) is 0 Å².